The van der Waals surface area contributed by atoms with Crippen molar-refractivity contribution in [1.82, 2.24) is 4.90 Å². The minimum Gasteiger partial charge on any atom is -0.303 e. The Hall–Kier alpha value is -0.960. The lowest BCUT2D eigenvalue weighted by Gasteiger charge is -2.15. The van der Waals surface area contributed by atoms with Crippen LogP contribution < -0.4 is 0 Å². The molecule has 1 aliphatic rings. The standard InChI is InChI=1S/C14H19F2N/c1-2-11-5-7-17(10-11)8-6-12-3-4-13(15)14(16)9-12/h3-4,9,11H,2,5-8,10H2,1H3. The molecular weight excluding hydrogens is 220 g/mol. The van der Waals surface area contributed by atoms with Crippen LogP contribution in [0.15, 0.2) is 18.2 Å². The molecule has 3 heteroatoms. The van der Waals surface area contributed by atoms with Gasteiger partial charge in [-0.15, -0.1) is 0 Å². The minimum absolute atomic E-state index is 0.740. The number of hydrogen-bond acceptors (Lipinski definition) is 1. The molecule has 0 amide bonds. The highest BCUT2D eigenvalue weighted by Gasteiger charge is 2.20. The molecule has 0 spiro atoms. The zero-order valence-corrected chi connectivity index (χ0v) is 10.3. The van der Waals surface area contributed by atoms with Gasteiger partial charge in [0.25, 0.3) is 0 Å². The van der Waals surface area contributed by atoms with E-state index in [9.17, 15) is 8.78 Å². The molecule has 1 aliphatic heterocycles. The Labute approximate surface area is 101 Å². The van der Waals surface area contributed by atoms with Gasteiger partial charge in [-0.05, 0) is 43.0 Å². The molecule has 2 rings (SSSR count). The van der Waals surface area contributed by atoms with E-state index >= 15 is 0 Å². The molecule has 0 aromatic heterocycles. The molecule has 1 aromatic carbocycles. The normalized spacial score (nSPS) is 21.0. The summed E-state index contributed by atoms with van der Waals surface area (Å²) in [6.07, 6.45) is 3.31. The Balaban J connectivity index is 1.84. The Bertz CT molecular complexity index is 378. The van der Waals surface area contributed by atoms with Gasteiger partial charge in [0.15, 0.2) is 11.6 Å². The summed E-state index contributed by atoms with van der Waals surface area (Å²) in [7, 11) is 0. The van der Waals surface area contributed by atoms with E-state index in [-0.39, 0.29) is 0 Å². The van der Waals surface area contributed by atoms with E-state index in [0.717, 1.165) is 37.5 Å². The van der Waals surface area contributed by atoms with Crippen LogP contribution >= 0.6 is 0 Å². The van der Waals surface area contributed by atoms with Gasteiger partial charge in [0.1, 0.15) is 0 Å². The van der Waals surface area contributed by atoms with Gasteiger partial charge in [0, 0.05) is 13.1 Å². The maximum absolute atomic E-state index is 13.0. The van der Waals surface area contributed by atoms with Crippen molar-refractivity contribution in [2.24, 2.45) is 5.92 Å². The lowest BCUT2D eigenvalue weighted by atomic mass is 10.1. The van der Waals surface area contributed by atoms with Gasteiger partial charge < -0.3 is 4.90 Å². The molecule has 0 N–H and O–H groups in total. The summed E-state index contributed by atoms with van der Waals surface area (Å²) in [4.78, 5) is 2.41. The van der Waals surface area contributed by atoms with Crippen molar-refractivity contribution in [1.29, 1.82) is 0 Å². The number of halogens is 2. The van der Waals surface area contributed by atoms with Crippen LogP contribution in [0.2, 0.25) is 0 Å². The first-order chi connectivity index (χ1) is 8.19. The van der Waals surface area contributed by atoms with Crippen molar-refractivity contribution in [3.05, 3.63) is 35.4 Å². The van der Waals surface area contributed by atoms with Crippen molar-refractivity contribution in [2.75, 3.05) is 19.6 Å². The van der Waals surface area contributed by atoms with Gasteiger partial charge in [-0.3, -0.25) is 0 Å². The van der Waals surface area contributed by atoms with E-state index in [0.29, 0.717) is 0 Å². The summed E-state index contributed by atoms with van der Waals surface area (Å²) in [5.74, 6) is -0.684. The predicted octanol–water partition coefficient (Wildman–Crippen LogP) is 3.24. The first kappa shape index (κ1) is 12.5. The maximum Gasteiger partial charge on any atom is 0.159 e. The molecule has 0 radical (unpaired) electrons. The van der Waals surface area contributed by atoms with Crippen molar-refractivity contribution in [3.8, 4) is 0 Å². The summed E-state index contributed by atoms with van der Waals surface area (Å²) >= 11 is 0. The molecule has 94 valence electrons. The first-order valence-electron chi connectivity index (χ1n) is 6.35. The van der Waals surface area contributed by atoms with E-state index < -0.39 is 11.6 Å². The van der Waals surface area contributed by atoms with E-state index in [1.54, 1.807) is 6.07 Å². The number of likely N-dealkylation sites (tertiary alicyclic amines) is 1. The van der Waals surface area contributed by atoms with Crippen LogP contribution in [0.3, 0.4) is 0 Å². The first-order valence-corrected chi connectivity index (χ1v) is 6.35. The second-order valence-corrected chi connectivity index (χ2v) is 4.86. The van der Waals surface area contributed by atoms with Gasteiger partial charge in [0.2, 0.25) is 0 Å². The van der Waals surface area contributed by atoms with Crippen LogP contribution in [-0.4, -0.2) is 24.5 Å². The largest absolute Gasteiger partial charge is 0.303 e. The smallest absolute Gasteiger partial charge is 0.159 e. The molecule has 1 unspecified atom stereocenters. The molecule has 0 bridgehead atoms. The number of rotatable bonds is 4. The highest BCUT2D eigenvalue weighted by molar-refractivity contribution is 5.18. The third kappa shape index (κ3) is 3.25. The second-order valence-electron chi connectivity index (χ2n) is 4.86. The average Bonchev–Trinajstić information content (AvgIpc) is 2.79. The van der Waals surface area contributed by atoms with E-state index in [4.69, 9.17) is 0 Å². The summed E-state index contributed by atoms with van der Waals surface area (Å²) in [5, 5.41) is 0. The molecule has 0 saturated carbocycles. The van der Waals surface area contributed by atoms with Gasteiger partial charge in [-0.25, -0.2) is 8.78 Å². The number of nitrogens with zero attached hydrogens (tertiary/aromatic N) is 1. The Morgan fingerprint density at radius 3 is 2.76 bits per heavy atom. The number of hydrogen-bond donors (Lipinski definition) is 0. The second kappa shape index (κ2) is 5.58. The van der Waals surface area contributed by atoms with Gasteiger partial charge in [-0.2, -0.15) is 0 Å². The summed E-state index contributed by atoms with van der Waals surface area (Å²) in [6, 6.07) is 4.19. The zero-order chi connectivity index (χ0) is 12.3. The third-order valence-corrected chi connectivity index (χ3v) is 3.65. The maximum atomic E-state index is 13.0. The lowest BCUT2D eigenvalue weighted by Crippen LogP contribution is -2.23. The fourth-order valence-electron chi connectivity index (χ4n) is 2.43. The molecule has 1 heterocycles. The Kier molecular flexibility index (Phi) is 4.11. The molecular formula is C14H19F2N. The lowest BCUT2D eigenvalue weighted by molar-refractivity contribution is 0.326. The van der Waals surface area contributed by atoms with Crippen LogP contribution in [0.1, 0.15) is 25.3 Å². The SMILES string of the molecule is CCC1CCN(CCc2ccc(F)c(F)c2)C1. The average molecular weight is 239 g/mol. The van der Waals surface area contributed by atoms with Gasteiger partial charge >= 0.3 is 0 Å². The van der Waals surface area contributed by atoms with E-state index in [1.165, 1.54) is 25.0 Å². The van der Waals surface area contributed by atoms with Crippen LogP contribution in [0, 0.1) is 17.6 Å². The predicted molar refractivity (Wildman–Crippen MR) is 64.9 cm³/mol. The Morgan fingerprint density at radius 1 is 1.29 bits per heavy atom. The molecule has 1 atom stereocenters. The summed E-state index contributed by atoms with van der Waals surface area (Å²) < 4.78 is 25.8. The van der Waals surface area contributed by atoms with Crippen LogP contribution in [-0.2, 0) is 6.42 Å². The minimum atomic E-state index is -0.763. The summed E-state index contributed by atoms with van der Waals surface area (Å²) in [6.45, 7) is 5.47. The summed E-state index contributed by atoms with van der Waals surface area (Å²) in [5.41, 5.74) is 0.879. The number of benzene rings is 1. The van der Waals surface area contributed by atoms with Gasteiger partial charge in [-0.1, -0.05) is 19.4 Å². The molecule has 17 heavy (non-hydrogen) atoms. The molecule has 1 fully saturated rings. The van der Waals surface area contributed by atoms with Crippen molar-refractivity contribution >= 4 is 0 Å². The highest BCUT2D eigenvalue weighted by Crippen LogP contribution is 2.19. The fraction of sp³-hybridized carbons (Fsp3) is 0.571. The Morgan fingerprint density at radius 2 is 2.12 bits per heavy atom. The molecule has 1 saturated heterocycles. The third-order valence-electron chi connectivity index (χ3n) is 3.65. The van der Waals surface area contributed by atoms with Crippen LogP contribution in [0.25, 0.3) is 0 Å². The van der Waals surface area contributed by atoms with Gasteiger partial charge in [0.05, 0.1) is 0 Å². The monoisotopic (exact) mass is 239 g/mol. The molecule has 1 nitrogen and oxygen atoms in total. The molecule has 1 aromatic rings. The topological polar surface area (TPSA) is 3.24 Å². The van der Waals surface area contributed by atoms with Crippen molar-refractivity contribution in [3.63, 3.8) is 0 Å². The van der Waals surface area contributed by atoms with Crippen molar-refractivity contribution < 1.29 is 8.78 Å². The van der Waals surface area contributed by atoms with E-state index in [2.05, 4.69) is 11.8 Å². The van der Waals surface area contributed by atoms with Crippen LogP contribution in [0.5, 0.6) is 0 Å². The quantitative estimate of drug-likeness (QED) is 0.779. The fourth-order valence-corrected chi connectivity index (χ4v) is 2.43. The van der Waals surface area contributed by atoms with Crippen LogP contribution in [0.4, 0.5) is 8.78 Å². The zero-order valence-electron chi connectivity index (χ0n) is 10.3. The van der Waals surface area contributed by atoms with E-state index in [1.807, 2.05) is 0 Å². The van der Waals surface area contributed by atoms with Crippen molar-refractivity contribution in [2.45, 2.75) is 26.2 Å². The molecule has 0 aliphatic carbocycles. The highest BCUT2D eigenvalue weighted by atomic mass is 19.2.